The highest BCUT2D eigenvalue weighted by atomic mass is 16.6. The Morgan fingerprint density at radius 3 is 2.48 bits per heavy atom. The van der Waals surface area contributed by atoms with Gasteiger partial charge < -0.3 is 24.4 Å². The number of aromatic nitrogens is 2. The van der Waals surface area contributed by atoms with Crippen molar-refractivity contribution in [3.05, 3.63) is 65.6 Å². The molecule has 3 aromatic rings. The van der Waals surface area contributed by atoms with Crippen molar-refractivity contribution in [1.82, 2.24) is 19.6 Å². The fourth-order valence-electron chi connectivity index (χ4n) is 6.03. The summed E-state index contributed by atoms with van der Waals surface area (Å²) >= 11 is 0. The van der Waals surface area contributed by atoms with Crippen molar-refractivity contribution in [2.45, 2.75) is 70.4 Å². The number of pyridine rings is 1. The lowest BCUT2D eigenvalue weighted by Gasteiger charge is -2.41. The fraction of sp³-hybridized carbons (Fsp3) is 0.500. The number of fused-ring (bicyclic) bond motifs is 1. The maximum atomic E-state index is 13.8. The molecule has 0 atom stereocenters. The molecule has 1 aromatic carbocycles. The summed E-state index contributed by atoms with van der Waals surface area (Å²) in [5.74, 6) is 0.423. The number of carbonyl (C=O) groups is 3. The number of methoxy groups -OCH3 is 1. The highest BCUT2D eigenvalue weighted by molar-refractivity contribution is 5.95. The monoisotopic (exact) mass is 576 g/mol. The lowest BCUT2D eigenvalue weighted by Crippen LogP contribution is -2.57. The van der Waals surface area contributed by atoms with Gasteiger partial charge in [-0.2, -0.15) is 0 Å². The molecule has 5 rings (SSSR count). The standard InChI is InChI=1S/C32H40N4O6/c1-23-28(36-17-9-14-26(29(36)33-23)41-21-24-10-5-3-6-11-24)30(38)34-32(20-27(37)40-2)15-18-35(19-16-32)31(39)42-22-25-12-7-4-8-13-25/h4,7-9,12-14,17,24H,3,5-6,10-11,15-16,18-22H2,1-2H3,(H,34,38). The van der Waals surface area contributed by atoms with Crippen molar-refractivity contribution < 1.29 is 28.6 Å². The van der Waals surface area contributed by atoms with E-state index in [0.29, 0.717) is 61.2 Å². The molecule has 2 aromatic heterocycles. The van der Waals surface area contributed by atoms with E-state index in [1.807, 2.05) is 42.5 Å². The summed E-state index contributed by atoms with van der Waals surface area (Å²) in [5, 5.41) is 3.13. The smallest absolute Gasteiger partial charge is 0.410 e. The first-order valence-electron chi connectivity index (χ1n) is 14.8. The van der Waals surface area contributed by atoms with E-state index in [9.17, 15) is 14.4 Å². The molecule has 0 unspecified atom stereocenters. The highest BCUT2D eigenvalue weighted by Gasteiger charge is 2.40. The van der Waals surface area contributed by atoms with Gasteiger partial charge in [-0.3, -0.25) is 14.0 Å². The second-order valence-electron chi connectivity index (χ2n) is 11.4. The average Bonchev–Trinajstić information content (AvgIpc) is 3.36. The number of carbonyl (C=O) groups excluding carboxylic acids is 3. The number of hydrogen-bond acceptors (Lipinski definition) is 7. The summed E-state index contributed by atoms with van der Waals surface area (Å²) in [6.07, 6.45) is 8.25. The van der Waals surface area contributed by atoms with Gasteiger partial charge in [0, 0.05) is 19.3 Å². The second-order valence-corrected chi connectivity index (χ2v) is 11.4. The Bertz CT molecular complexity index is 1390. The molecule has 10 heteroatoms. The van der Waals surface area contributed by atoms with Crippen molar-refractivity contribution in [3.63, 3.8) is 0 Å². The number of benzene rings is 1. The molecule has 0 radical (unpaired) electrons. The summed E-state index contributed by atoms with van der Waals surface area (Å²) in [6, 6.07) is 13.2. The molecule has 224 valence electrons. The third-order valence-electron chi connectivity index (χ3n) is 8.48. The summed E-state index contributed by atoms with van der Waals surface area (Å²) in [6.45, 7) is 3.28. The number of likely N-dealkylation sites (tertiary alicyclic amines) is 1. The van der Waals surface area contributed by atoms with Gasteiger partial charge >= 0.3 is 12.1 Å². The van der Waals surface area contributed by atoms with Gasteiger partial charge in [0.1, 0.15) is 12.3 Å². The van der Waals surface area contributed by atoms with Gasteiger partial charge in [-0.1, -0.05) is 49.6 Å². The van der Waals surface area contributed by atoms with Crippen LogP contribution in [0.4, 0.5) is 4.79 Å². The predicted octanol–water partition coefficient (Wildman–Crippen LogP) is 5.07. The number of nitrogens with zero attached hydrogens (tertiary/aromatic N) is 3. The van der Waals surface area contributed by atoms with Crippen LogP contribution in [0.5, 0.6) is 5.75 Å². The molecule has 1 saturated heterocycles. The maximum Gasteiger partial charge on any atom is 0.410 e. The number of rotatable bonds is 9. The van der Waals surface area contributed by atoms with E-state index in [0.717, 1.165) is 5.56 Å². The van der Waals surface area contributed by atoms with Crippen LogP contribution in [0.3, 0.4) is 0 Å². The number of aryl methyl sites for hydroxylation is 1. The van der Waals surface area contributed by atoms with Gasteiger partial charge in [-0.05, 0) is 56.2 Å². The third kappa shape index (κ3) is 6.86. The minimum Gasteiger partial charge on any atom is -0.489 e. The lowest BCUT2D eigenvalue weighted by molar-refractivity contribution is -0.142. The number of amides is 2. The Labute approximate surface area is 246 Å². The Balaban J connectivity index is 1.28. The van der Waals surface area contributed by atoms with E-state index < -0.39 is 17.6 Å². The minimum absolute atomic E-state index is 0.00627. The van der Waals surface area contributed by atoms with Gasteiger partial charge in [-0.15, -0.1) is 0 Å². The Morgan fingerprint density at radius 1 is 1.02 bits per heavy atom. The maximum absolute atomic E-state index is 13.8. The first kappa shape index (κ1) is 29.4. The van der Waals surface area contributed by atoms with E-state index in [-0.39, 0.29) is 18.9 Å². The van der Waals surface area contributed by atoms with Crippen LogP contribution in [-0.2, 0) is 20.9 Å². The normalized spacial score (nSPS) is 17.0. The molecule has 1 aliphatic heterocycles. The molecule has 1 aliphatic carbocycles. The summed E-state index contributed by atoms with van der Waals surface area (Å²) in [7, 11) is 1.33. The first-order chi connectivity index (χ1) is 20.4. The van der Waals surface area contributed by atoms with Crippen molar-refractivity contribution in [2.75, 3.05) is 26.8 Å². The number of piperidine rings is 1. The van der Waals surface area contributed by atoms with Gasteiger partial charge in [0.2, 0.25) is 0 Å². The molecule has 10 nitrogen and oxygen atoms in total. The number of nitrogens with one attached hydrogen (secondary N) is 1. The van der Waals surface area contributed by atoms with Crippen LogP contribution >= 0.6 is 0 Å². The Hall–Kier alpha value is -4.08. The Morgan fingerprint density at radius 2 is 1.76 bits per heavy atom. The Kier molecular flexibility index (Phi) is 9.29. The minimum atomic E-state index is -0.883. The molecule has 0 bridgehead atoms. The average molecular weight is 577 g/mol. The topological polar surface area (TPSA) is 111 Å². The SMILES string of the molecule is COC(=O)CC1(NC(=O)c2c(C)nc3c(OCC4CCCCC4)cccn23)CCN(C(=O)OCc2ccccc2)CC1. The number of esters is 1. The zero-order chi connectivity index (χ0) is 29.5. The van der Waals surface area contributed by atoms with Crippen LogP contribution in [0.15, 0.2) is 48.7 Å². The van der Waals surface area contributed by atoms with E-state index in [2.05, 4.69) is 10.3 Å². The zero-order valence-electron chi connectivity index (χ0n) is 24.5. The van der Waals surface area contributed by atoms with E-state index in [1.54, 1.807) is 22.4 Å². The number of imidazole rings is 1. The van der Waals surface area contributed by atoms with Crippen LogP contribution < -0.4 is 10.1 Å². The van der Waals surface area contributed by atoms with Crippen molar-refractivity contribution in [1.29, 1.82) is 0 Å². The fourth-order valence-corrected chi connectivity index (χ4v) is 6.03. The molecule has 2 amide bonds. The van der Waals surface area contributed by atoms with Gasteiger partial charge in [-0.25, -0.2) is 9.78 Å². The van der Waals surface area contributed by atoms with Crippen LogP contribution in [0.25, 0.3) is 5.65 Å². The molecule has 1 saturated carbocycles. The van der Waals surface area contributed by atoms with Crippen molar-refractivity contribution in [2.24, 2.45) is 5.92 Å². The molecule has 0 spiro atoms. The van der Waals surface area contributed by atoms with Crippen molar-refractivity contribution >= 4 is 23.6 Å². The summed E-state index contributed by atoms with van der Waals surface area (Å²) in [5.41, 5.74) is 1.57. The van der Waals surface area contributed by atoms with E-state index >= 15 is 0 Å². The summed E-state index contributed by atoms with van der Waals surface area (Å²) in [4.78, 5) is 45.3. The molecule has 3 heterocycles. The molecule has 2 fully saturated rings. The second kappa shape index (κ2) is 13.3. The van der Waals surface area contributed by atoms with E-state index in [1.165, 1.54) is 39.2 Å². The molecular formula is C32H40N4O6. The van der Waals surface area contributed by atoms with Gasteiger partial charge in [0.05, 0.1) is 31.4 Å². The largest absolute Gasteiger partial charge is 0.489 e. The molecule has 1 N–H and O–H groups in total. The van der Waals surface area contributed by atoms with Crippen LogP contribution in [0.1, 0.15) is 73.1 Å². The van der Waals surface area contributed by atoms with Crippen LogP contribution in [-0.4, -0.2) is 64.6 Å². The van der Waals surface area contributed by atoms with Gasteiger partial charge in [0.15, 0.2) is 11.4 Å². The predicted molar refractivity (Wildman–Crippen MR) is 156 cm³/mol. The van der Waals surface area contributed by atoms with Crippen molar-refractivity contribution in [3.8, 4) is 5.75 Å². The first-order valence-corrected chi connectivity index (χ1v) is 14.8. The zero-order valence-corrected chi connectivity index (χ0v) is 24.5. The number of hydrogen-bond donors (Lipinski definition) is 1. The number of ether oxygens (including phenoxy) is 3. The van der Waals surface area contributed by atoms with Gasteiger partial charge in [0.25, 0.3) is 5.91 Å². The van der Waals surface area contributed by atoms with E-state index in [4.69, 9.17) is 14.2 Å². The quantitative estimate of drug-likeness (QED) is 0.354. The van der Waals surface area contributed by atoms with Crippen LogP contribution in [0, 0.1) is 12.8 Å². The van der Waals surface area contributed by atoms with Crippen LogP contribution in [0.2, 0.25) is 0 Å². The third-order valence-corrected chi connectivity index (χ3v) is 8.48. The molecule has 42 heavy (non-hydrogen) atoms. The lowest BCUT2D eigenvalue weighted by atomic mass is 9.84. The summed E-state index contributed by atoms with van der Waals surface area (Å²) < 4.78 is 18.4. The molecular weight excluding hydrogens is 536 g/mol. The highest BCUT2D eigenvalue weighted by Crippen LogP contribution is 2.30. The molecule has 2 aliphatic rings.